The molecule has 1 fully saturated rings. The fraction of sp³-hybridized carbons (Fsp3) is 0.333. The van der Waals surface area contributed by atoms with Crippen LogP contribution in [0.1, 0.15) is 18.9 Å². The molecule has 0 radical (unpaired) electrons. The van der Waals surface area contributed by atoms with Gasteiger partial charge in [0.15, 0.2) is 11.6 Å². The van der Waals surface area contributed by atoms with E-state index in [1.54, 1.807) is 12.4 Å². The maximum absolute atomic E-state index is 10.5. The van der Waals surface area contributed by atoms with Crippen molar-refractivity contribution >= 4 is 5.88 Å². The SMILES string of the molecule is O=[N+]([O-])c1ccc(-c2nncn2C2CC2)o1. The van der Waals surface area contributed by atoms with Gasteiger partial charge < -0.3 is 8.98 Å². The van der Waals surface area contributed by atoms with E-state index in [-0.39, 0.29) is 5.88 Å². The lowest BCUT2D eigenvalue weighted by atomic mass is 10.4. The van der Waals surface area contributed by atoms with Crippen molar-refractivity contribution in [2.45, 2.75) is 18.9 Å². The first kappa shape index (κ1) is 9.08. The molecule has 1 aliphatic carbocycles. The Morgan fingerprint density at radius 1 is 1.50 bits per heavy atom. The van der Waals surface area contributed by atoms with Crippen molar-refractivity contribution in [3.8, 4) is 11.6 Å². The topological polar surface area (TPSA) is 87.0 Å². The summed E-state index contributed by atoms with van der Waals surface area (Å²) in [7, 11) is 0. The van der Waals surface area contributed by atoms with Gasteiger partial charge in [0, 0.05) is 6.04 Å². The van der Waals surface area contributed by atoms with Crippen LogP contribution >= 0.6 is 0 Å². The highest BCUT2D eigenvalue weighted by Crippen LogP contribution is 2.38. The largest absolute Gasteiger partial charge is 0.433 e. The van der Waals surface area contributed by atoms with Crippen molar-refractivity contribution in [2.75, 3.05) is 0 Å². The molecule has 1 aliphatic rings. The second-order valence-corrected chi connectivity index (χ2v) is 3.69. The lowest BCUT2D eigenvalue weighted by Gasteiger charge is -1.99. The molecule has 0 saturated heterocycles. The van der Waals surface area contributed by atoms with Gasteiger partial charge in [0.1, 0.15) is 11.3 Å². The van der Waals surface area contributed by atoms with Crippen molar-refractivity contribution in [1.82, 2.24) is 14.8 Å². The highest BCUT2D eigenvalue weighted by atomic mass is 16.6. The summed E-state index contributed by atoms with van der Waals surface area (Å²) in [4.78, 5) is 9.92. The second-order valence-electron chi connectivity index (χ2n) is 3.69. The van der Waals surface area contributed by atoms with Crippen LogP contribution in [0.3, 0.4) is 0 Å². The molecule has 0 unspecified atom stereocenters. The zero-order valence-electron chi connectivity index (χ0n) is 8.24. The van der Waals surface area contributed by atoms with Crippen LogP contribution in [0, 0.1) is 10.1 Å². The van der Waals surface area contributed by atoms with Gasteiger partial charge in [-0.3, -0.25) is 10.1 Å². The molecule has 7 nitrogen and oxygen atoms in total. The van der Waals surface area contributed by atoms with Crippen molar-refractivity contribution < 1.29 is 9.34 Å². The molecule has 16 heavy (non-hydrogen) atoms. The first-order valence-corrected chi connectivity index (χ1v) is 4.90. The van der Waals surface area contributed by atoms with E-state index in [4.69, 9.17) is 4.42 Å². The third-order valence-electron chi connectivity index (χ3n) is 2.51. The summed E-state index contributed by atoms with van der Waals surface area (Å²) in [6.07, 6.45) is 3.81. The van der Waals surface area contributed by atoms with Gasteiger partial charge in [-0.2, -0.15) is 0 Å². The Morgan fingerprint density at radius 3 is 2.94 bits per heavy atom. The zero-order chi connectivity index (χ0) is 11.1. The monoisotopic (exact) mass is 220 g/mol. The van der Waals surface area contributed by atoms with Crippen LogP contribution in [0.25, 0.3) is 11.6 Å². The molecule has 0 amide bonds. The van der Waals surface area contributed by atoms with E-state index in [2.05, 4.69) is 10.2 Å². The second kappa shape index (κ2) is 3.16. The highest BCUT2D eigenvalue weighted by molar-refractivity contribution is 5.49. The molecule has 0 spiro atoms. The Balaban J connectivity index is 2.00. The molecule has 0 bridgehead atoms. The van der Waals surface area contributed by atoms with Gasteiger partial charge in [0.05, 0.1) is 6.07 Å². The van der Waals surface area contributed by atoms with Crippen LogP contribution in [0.4, 0.5) is 5.88 Å². The van der Waals surface area contributed by atoms with Gasteiger partial charge >= 0.3 is 5.88 Å². The molecule has 2 aromatic rings. The Kier molecular flexibility index (Phi) is 1.79. The van der Waals surface area contributed by atoms with Gasteiger partial charge in [0.2, 0.25) is 0 Å². The minimum absolute atomic E-state index is 0.277. The molecule has 2 heterocycles. The lowest BCUT2D eigenvalue weighted by molar-refractivity contribution is -0.401. The summed E-state index contributed by atoms with van der Waals surface area (Å²) in [5.74, 6) is 0.659. The predicted molar refractivity (Wildman–Crippen MR) is 52.6 cm³/mol. The Morgan fingerprint density at radius 2 is 2.31 bits per heavy atom. The third-order valence-corrected chi connectivity index (χ3v) is 2.51. The van der Waals surface area contributed by atoms with Crippen LogP contribution < -0.4 is 0 Å². The third kappa shape index (κ3) is 1.37. The van der Waals surface area contributed by atoms with E-state index >= 15 is 0 Å². The van der Waals surface area contributed by atoms with Gasteiger partial charge in [0.25, 0.3) is 0 Å². The normalized spacial score (nSPS) is 15.2. The Labute approximate surface area is 89.9 Å². The van der Waals surface area contributed by atoms with Crippen LogP contribution in [-0.2, 0) is 0 Å². The molecule has 0 aromatic carbocycles. The van der Waals surface area contributed by atoms with Gasteiger partial charge in [-0.1, -0.05) is 0 Å². The van der Waals surface area contributed by atoms with Gasteiger partial charge in [-0.15, -0.1) is 10.2 Å². The molecule has 1 saturated carbocycles. The average Bonchev–Trinajstić information content (AvgIpc) is 2.83. The molecule has 0 atom stereocenters. The van der Waals surface area contributed by atoms with E-state index in [9.17, 15) is 10.1 Å². The summed E-state index contributed by atoms with van der Waals surface area (Å²) in [6.45, 7) is 0. The zero-order valence-corrected chi connectivity index (χ0v) is 8.24. The number of rotatable bonds is 3. The molecule has 0 N–H and O–H groups in total. The van der Waals surface area contributed by atoms with E-state index in [0.29, 0.717) is 17.6 Å². The standard InChI is InChI=1S/C9H8N4O3/c14-13(15)8-4-3-7(16-8)9-11-10-5-12(9)6-1-2-6/h3-6H,1-2H2. The minimum Gasteiger partial charge on any atom is -0.397 e. The summed E-state index contributed by atoms with van der Waals surface area (Å²) in [5, 5.41) is 18.2. The van der Waals surface area contributed by atoms with Crippen LogP contribution in [-0.4, -0.2) is 19.7 Å². The molecular weight excluding hydrogens is 212 g/mol. The predicted octanol–water partition coefficient (Wildman–Crippen LogP) is 1.78. The quantitative estimate of drug-likeness (QED) is 0.581. The smallest absolute Gasteiger partial charge is 0.397 e. The number of hydrogen-bond donors (Lipinski definition) is 0. The maximum atomic E-state index is 10.5. The fourth-order valence-electron chi connectivity index (χ4n) is 1.58. The molecule has 7 heteroatoms. The number of hydrogen-bond acceptors (Lipinski definition) is 5. The molecule has 0 aliphatic heterocycles. The Bertz CT molecular complexity index is 540. The summed E-state index contributed by atoms with van der Waals surface area (Å²) in [5.41, 5.74) is 0. The summed E-state index contributed by atoms with van der Waals surface area (Å²) < 4.78 is 6.98. The van der Waals surface area contributed by atoms with E-state index in [1.807, 2.05) is 4.57 Å². The maximum Gasteiger partial charge on any atom is 0.433 e. The number of nitrogens with zero attached hydrogens (tertiary/aromatic N) is 4. The first-order valence-electron chi connectivity index (χ1n) is 4.90. The molecule has 3 rings (SSSR count). The lowest BCUT2D eigenvalue weighted by Crippen LogP contribution is -1.94. The summed E-state index contributed by atoms with van der Waals surface area (Å²) in [6, 6.07) is 3.27. The van der Waals surface area contributed by atoms with Crippen molar-refractivity contribution in [1.29, 1.82) is 0 Å². The number of nitro groups is 1. The van der Waals surface area contributed by atoms with Gasteiger partial charge in [-0.05, 0) is 18.9 Å². The fourth-order valence-corrected chi connectivity index (χ4v) is 1.58. The van der Waals surface area contributed by atoms with Crippen molar-refractivity contribution in [2.24, 2.45) is 0 Å². The number of furan rings is 1. The molecule has 82 valence electrons. The van der Waals surface area contributed by atoms with Crippen LogP contribution in [0.15, 0.2) is 22.9 Å². The average molecular weight is 220 g/mol. The summed E-state index contributed by atoms with van der Waals surface area (Å²) >= 11 is 0. The van der Waals surface area contributed by atoms with Gasteiger partial charge in [-0.25, -0.2) is 0 Å². The van der Waals surface area contributed by atoms with Crippen LogP contribution in [0.2, 0.25) is 0 Å². The van der Waals surface area contributed by atoms with E-state index < -0.39 is 4.92 Å². The molecular formula is C9H8N4O3. The van der Waals surface area contributed by atoms with E-state index in [0.717, 1.165) is 12.8 Å². The van der Waals surface area contributed by atoms with Crippen molar-refractivity contribution in [3.63, 3.8) is 0 Å². The molecule has 2 aromatic heterocycles. The first-order chi connectivity index (χ1) is 7.75. The van der Waals surface area contributed by atoms with Crippen molar-refractivity contribution in [3.05, 3.63) is 28.6 Å². The minimum atomic E-state index is -0.568. The van der Waals surface area contributed by atoms with Crippen LogP contribution in [0.5, 0.6) is 0 Å². The Hall–Kier alpha value is -2.18. The highest BCUT2D eigenvalue weighted by Gasteiger charge is 2.28. The van der Waals surface area contributed by atoms with E-state index in [1.165, 1.54) is 6.07 Å². The number of aromatic nitrogens is 3.